The zero-order valence-corrected chi connectivity index (χ0v) is 13.0. The van der Waals surface area contributed by atoms with Gasteiger partial charge in [-0.15, -0.1) is 0 Å². The second-order valence-corrected chi connectivity index (χ2v) is 7.05. The number of carboxylic acid groups (broad SMARTS) is 1. The van der Waals surface area contributed by atoms with Gasteiger partial charge in [0.1, 0.15) is 0 Å². The Morgan fingerprint density at radius 1 is 1.36 bits per heavy atom. The molecule has 0 unspecified atom stereocenters. The van der Waals surface area contributed by atoms with Crippen LogP contribution in [-0.4, -0.2) is 50.4 Å². The van der Waals surface area contributed by atoms with Crippen molar-refractivity contribution in [1.29, 1.82) is 0 Å². The van der Waals surface area contributed by atoms with Gasteiger partial charge in [-0.3, -0.25) is 9.59 Å². The van der Waals surface area contributed by atoms with E-state index in [1.165, 1.54) is 36.2 Å². The van der Waals surface area contributed by atoms with Gasteiger partial charge in [0.15, 0.2) is 0 Å². The zero-order chi connectivity index (χ0) is 16.3. The van der Waals surface area contributed by atoms with Crippen LogP contribution in [0.5, 0.6) is 0 Å². The molecule has 0 bridgehead atoms. The maximum atomic E-state index is 12.5. The molecule has 22 heavy (non-hydrogen) atoms. The Morgan fingerprint density at radius 3 is 2.73 bits per heavy atom. The molecule has 7 nitrogen and oxygen atoms in total. The number of likely N-dealkylation sites (tertiary alicyclic amines) is 1. The van der Waals surface area contributed by atoms with Crippen molar-refractivity contribution in [3.63, 3.8) is 0 Å². The van der Waals surface area contributed by atoms with Gasteiger partial charge < -0.3 is 10.0 Å². The van der Waals surface area contributed by atoms with Gasteiger partial charge in [-0.2, -0.15) is 0 Å². The molecule has 2 rings (SSSR count). The van der Waals surface area contributed by atoms with Gasteiger partial charge in [-0.05, 0) is 38.1 Å². The first kappa shape index (κ1) is 16.4. The number of carbonyl (C=O) groups excluding carboxylic acids is 1. The topological polar surface area (TPSA) is 104 Å². The molecule has 0 radical (unpaired) electrons. The molecule has 0 aromatic heterocycles. The second kappa shape index (κ2) is 6.45. The molecule has 1 atom stereocenters. The maximum Gasteiger partial charge on any atom is 0.308 e. The summed E-state index contributed by atoms with van der Waals surface area (Å²) in [6.07, 6.45) is 1.17. The van der Waals surface area contributed by atoms with E-state index in [1.54, 1.807) is 0 Å². The average molecular weight is 326 g/mol. The van der Waals surface area contributed by atoms with Crippen LogP contribution in [0.4, 0.5) is 0 Å². The fraction of sp³-hybridized carbons (Fsp3) is 0.429. The Bertz CT molecular complexity index is 686. The number of carbonyl (C=O) groups is 2. The molecule has 1 saturated heterocycles. The van der Waals surface area contributed by atoms with Crippen molar-refractivity contribution in [2.45, 2.75) is 17.7 Å². The molecule has 0 saturated carbocycles. The molecule has 1 amide bonds. The number of aliphatic carboxylic acids is 1. The lowest BCUT2D eigenvalue weighted by Crippen LogP contribution is -2.42. The van der Waals surface area contributed by atoms with Crippen LogP contribution in [-0.2, 0) is 14.8 Å². The highest BCUT2D eigenvalue weighted by Crippen LogP contribution is 2.20. The van der Waals surface area contributed by atoms with Crippen molar-refractivity contribution in [3.05, 3.63) is 29.8 Å². The number of hydrogen-bond donors (Lipinski definition) is 2. The van der Waals surface area contributed by atoms with Gasteiger partial charge in [0.05, 0.1) is 10.8 Å². The highest BCUT2D eigenvalue weighted by atomic mass is 32.2. The minimum absolute atomic E-state index is 0.00708. The first-order valence-electron chi connectivity index (χ1n) is 6.91. The third-order valence-corrected chi connectivity index (χ3v) is 5.13. The smallest absolute Gasteiger partial charge is 0.308 e. The number of sulfonamides is 1. The average Bonchev–Trinajstić information content (AvgIpc) is 2.54. The molecule has 1 fully saturated rings. The molecule has 2 N–H and O–H groups in total. The molecular formula is C14H18N2O5S. The van der Waals surface area contributed by atoms with Gasteiger partial charge in [-0.25, -0.2) is 13.1 Å². The van der Waals surface area contributed by atoms with Crippen LogP contribution in [0.15, 0.2) is 29.2 Å². The van der Waals surface area contributed by atoms with E-state index in [2.05, 4.69) is 4.72 Å². The van der Waals surface area contributed by atoms with Crippen LogP contribution < -0.4 is 4.72 Å². The minimum Gasteiger partial charge on any atom is -0.481 e. The van der Waals surface area contributed by atoms with Crippen molar-refractivity contribution in [1.82, 2.24) is 9.62 Å². The van der Waals surface area contributed by atoms with E-state index in [9.17, 15) is 18.0 Å². The monoisotopic (exact) mass is 326 g/mol. The van der Waals surface area contributed by atoms with Crippen LogP contribution in [0.2, 0.25) is 0 Å². The summed E-state index contributed by atoms with van der Waals surface area (Å²) in [5.41, 5.74) is 0.238. The van der Waals surface area contributed by atoms with Gasteiger partial charge >= 0.3 is 5.97 Å². The maximum absolute atomic E-state index is 12.5. The fourth-order valence-corrected chi connectivity index (χ4v) is 3.24. The molecule has 0 aliphatic carbocycles. The van der Waals surface area contributed by atoms with Crippen molar-refractivity contribution < 1.29 is 23.1 Å². The van der Waals surface area contributed by atoms with Gasteiger partial charge in [-0.1, -0.05) is 6.07 Å². The van der Waals surface area contributed by atoms with E-state index in [-0.39, 0.29) is 22.9 Å². The number of piperidine rings is 1. The number of rotatable bonds is 4. The lowest BCUT2D eigenvalue weighted by atomic mass is 9.97. The Labute approximate surface area is 129 Å². The molecule has 120 valence electrons. The third kappa shape index (κ3) is 3.45. The number of benzene rings is 1. The summed E-state index contributed by atoms with van der Waals surface area (Å²) in [7, 11) is -2.33. The number of carboxylic acids is 1. The summed E-state index contributed by atoms with van der Waals surface area (Å²) in [6.45, 7) is 0.628. The third-order valence-electron chi connectivity index (χ3n) is 3.72. The van der Waals surface area contributed by atoms with Gasteiger partial charge in [0.2, 0.25) is 10.0 Å². The highest BCUT2D eigenvalue weighted by Gasteiger charge is 2.29. The van der Waals surface area contributed by atoms with Crippen LogP contribution in [0, 0.1) is 5.92 Å². The summed E-state index contributed by atoms with van der Waals surface area (Å²) in [5.74, 6) is -1.83. The zero-order valence-electron chi connectivity index (χ0n) is 12.2. The van der Waals surface area contributed by atoms with E-state index < -0.39 is 21.9 Å². The Morgan fingerprint density at radius 2 is 2.09 bits per heavy atom. The lowest BCUT2D eigenvalue weighted by molar-refractivity contribution is -0.143. The summed E-state index contributed by atoms with van der Waals surface area (Å²) < 4.78 is 25.8. The lowest BCUT2D eigenvalue weighted by Gasteiger charge is -2.30. The predicted octanol–water partition coefficient (Wildman–Crippen LogP) is 0.531. The predicted molar refractivity (Wildman–Crippen MR) is 79.0 cm³/mol. The SMILES string of the molecule is CNS(=O)(=O)c1cccc(C(=O)N2CCC[C@H](C(=O)O)C2)c1. The van der Waals surface area contributed by atoms with Crippen molar-refractivity contribution in [2.75, 3.05) is 20.1 Å². The molecule has 1 heterocycles. The summed E-state index contributed by atoms with van der Waals surface area (Å²) in [5, 5.41) is 9.07. The number of nitrogens with one attached hydrogen (secondary N) is 1. The molecule has 0 spiro atoms. The van der Waals surface area contributed by atoms with Crippen LogP contribution in [0.3, 0.4) is 0 Å². The summed E-state index contributed by atoms with van der Waals surface area (Å²) in [4.78, 5) is 25.0. The van der Waals surface area contributed by atoms with Crippen molar-refractivity contribution in [3.8, 4) is 0 Å². The molecule has 1 aliphatic rings. The molecule has 1 aromatic carbocycles. The second-order valence-electron chi connectivity index (χ2n) is 5.16. The number of nitrogens with zero attached hydrogens (tertiary/aromatic N) is 1. The first-order valence-corrected chi connectivity index (χ1v) is 8.39. The Hall–Kier alpha value is -1.93. The van der Waals surface area contributed by atoms with Crippen molar-refractivity contribution >= 4 is 21.9 Å². The number of amides is 1. The van der Waals surface area contributed by atoms with Crippen LogP contribution in [0.1, 0.15) is 23.2 Å². The van der Waals surface area contributed by atoms with E-state index in [0.29, 0.717) is 19.4 Å². The molecule has 1 aliphatic heterocycles. The fourth-order valence-electron chi connectivity index (χ4n) is 2.46. The first-order chi connectivity index (χ1) is 10.3. The van der Waals surface area contributed by atoms with Crippen molar-refractivity contribution in [2.24, 2.45) is 5.92 Å². The van der Waals surface area contributed by atoms with Crippen LogP contribution in [0.25, 0.3) is 0 Å². The highest BCUT2D eigenvalue weighted by molar-refractivity contribution is 7.89. The van der Waals surface area contributed by atoms with E-state index in [1.807, 2.05) is 0 Å². The molecular weight excluding hydrogens is 308 g/mol. The van der Waals surface area contributed by atoms with E-state index in [0.717, 1.165) is 0 Å². The van der Waals surface area contributed by atoms with Gasteiger partial charge in [0, 0.05) is 18.7 Å². The van der Waals surface area contributed by atoms with E-state index in [4.69, 9.17) is 5.11 Å². The normalized spacial score (nSPS) is 19.0. The standard InChI is InChI=1S/C14H18N2O5S/c1-15-22(20,21)12-6-2-4-10(8-12)13(17)16-7-3-5-11(9-16)14(18)19/h2,4,6,8,11,15H,3,5,7,9H2,1H3,(H,18,19)/t11-/m0/s1. The van der Waals surface area contributed by atoms with Gasteiger partial charge in [0.25, 0.3) is 5.91 Å². The summed E-state index contributed by atoms with van der Waals surface area (Å²) >= 11 is 0. The number of hydrogen-bond acceptors (Lipinski definition) is 4. The van der Waals surface area contributed by atoms with Crippen LogP contribution >= 0.6 is 0 Å². The Balaban J connectivity index is 2.23. The van der Waals surface area contributed by atoms with E-state index >= 15 is 0 Å². The molecule has 1 aromatic rings. The molecule has 8 heteroatoms. The minimum atomic E-state index is -3.62. The largest absolute Gasteiger partial charge is 0.481 e. The summed E-state index contributed by atoms with van der Waals surface area (Å²) in [6, 6.07) is 5.73. The Kier molecular flexibility index (Phi) is 4.82. The quantitative estimate of drug-likeness (QED) is 0.840.